The van der Waals surface area contributed by atoms with E-state index >= 15 is 0 Å². The van der Waals surface area contributed by atoms with Crippen LogP contribution in [0.1, 0.15) is 6.92 Å². The quantitative estimate of drug-likeness (QED) is 0.576. The number of nitrogens with one attached hydrogen (secondary N) is 1. The second kappa shape index (κ2) is 7.94. The van der Waals surface area contributed by atoms with Gasteiger partial charge in [-0.2, -0.15) is 0 Å². The van der Waals surface area contributed by atoms with Crippen LogP contribution in [0.4, 0.5) is 4.79 Å². The molecule has 8 heteroatoms. The van der Waals surface area contributed by atoms with Crippen molar-refractivity contribution in [3.05, 3.63) is 0 Å². The lowest BCUT2D eigenvalue weighted by molar-refractivity contribution is -0.138. The molecule has 2 amide bonds. The predicted octanol–water partition coefficient (Wildman–Crippen LogP) is -0.596. The van der Waals surface area contributed by atoms with Crippen LogP contribution in [0.5, 0.6) is 0 Å². The highest BCUT2D eigenvalue weighted by Gasteiger charge is 2.13. The Kier molecular flexibility index (Phi) is 7.31. The van der Waals surface area contributed by atoms with Gasteiger partial charge in [-0.15, -0.1) is 11.8 Å². The maximum Gasteiger partial charge on any atom is 0.413 e. The standard InChI is InChI=1S/C8H14N2O5S/c1-2-15-8(14)10-6(11)4-16-3-5(9)7(12)13/h5H,2-4,9H2,1H3,(H,12,13)(H,10,11,14)/t5-/m0/s1. The third kappa shape index (κ3) is 7.07. The van der Waals surface area contributed by atoms with Crippen molar-refractivity contribution in [1.82, 2.24) is 5.32 Å². The predicted molar refractivity (Wildman–Crippen MR) is 58.1 cm³/mol. The maximum absolute atomic E-state index is 11.1. The summed E-state index contributed by atoms with van der Waals surface area (Å²) in [6.45, 7) is 1.79. The van der Waals surface area contributed by atoms with Gasteiger partial charge in [0.05, 0.1) is 12.4 Å². The molecule has 0 bridgehead atoms. The van der Waals surface area contributed by atoms with Crippen LogP contribution >= 0.6 is 11.8 Å². The number of ether oxygens (including phenoxy) is 1. The molecule has 4 N–H and O–H groups in total. The van der Waals surface area contributed by atoms with Gasteiger partial charge in [0.2, 0.25) is 5.91 Å². The molecular formula is C8H14N2O5S. The highest BCUT2D eigenvalue weighted by Crippen LogP contribution is 2.01. The van der Waals surface area contributed by atoms with Crippen LogP contribution in [-0.2, 0) is 14.3 Å². The molecular weight excluding hydrogens is 236 g/mol. The van der Waals surface area contributed by atoms with Crippen LogP contribution < -0.4 is 11.1 Å². The summed E-state index contributed by atoms with van der Waals surface area (Å²) in [6, 6.07) is -1.01. The Hall–Kier alpha value is -1.28. The van der Waals surface area contributed by atoms with Crippen molar-refractivity contribution in [3.63, 3.8) is 0 Å². The summed E-state index contributed by atoms with van der Waals surface area (Å²) in [5.74, 6) is -1.61. The van der Waals surface area contributed by atoms with E-state index in [-0.39, 0.29) is 18.1 Å². The summed E-state index contributed by atoms with van der Waals surface area (Å²) in [5, 5.41) is 10.4. The van der Waals surface area contributed by atoms with Crippen molar-refractivity contribution in [3.8, 4) is 0 Å². The first kappa shape index (κ1) is 14.7. The maximum atomic E-state index is 11.1. The van der Waals surface area contributed by atoms with E-state index in [1.54, 1.807) is 6.92 Å². The highest BCUT2D eigenvalue weighted by atomic mass is 32.2. The molecule has 0 rings (SSSR count). The van der Waals surface area contributed by atoms with Crippen LogP contribution in [0, 0.1) is 0 Å². The molecule has 0 aromatic rings. The van der Waals surface area contributed by atoms with E-state index in [1.165, 1.54) is 0 Å². The summed E-state index contributed by atoms with van der Waals surface area (Å²) in [6.07, 6.45) is -0.810. The van der Waals surface area contributed by atoms with Gasteiger partial charge in [-0.05, 0) is 6.92 Å². The molecule has 0 spiro atoms. The Morgan fingerprint density at radius 3 is 2.62 bits per heavy atom. The molecule has 0 aliphatic carbocycles. The van der Waals surface area contributed by atoms with Crippen LogP contribution in [0.3, 0.4) is 0 Å². The number of carboxylic acid groups (broad SMARTS) is 1. The second-order valence-corrected chi connectivity index (χ2v) is 3.76. The van der Waals surface area contributed by atoms with Crippen LogP contribution in [0.2, 0.25) is 0 Å². The van der Waals surface area contributed by atoms with Gasteiger partial charge in [0, 0.05) is 5.75 Å². The summed E-state index contributed by atoms with van der Waals surface area (Å²) >= 11 is 1.03. The molecule has 0 heterocycles. The van der Waals surface area contributed by atoms with Crippen molar-refractivity contribution in [1.29, 1.82) is 0 Å². The minimum atomic E-state index is -1.13. The van der Waals surface area contributed by atoms with Gasteiger partial charge >= 0.3 is 12.1 Å². The number of alkyl carbamates (subject to hydrolysis) is 1. The number of carboxylic acids is 1. The first-order valence-corrected chi connectivity index (χ1v) is 5.65. The zero-order valence-corrected chi connectivity index (χ0v) is 9.58. The number of carbonyl (C=O) groups is 3. The third-order valence-electron chi connectivity index (χ3n) is 1.36. The van der Waals surface area contributed by atoms with Gasteiger partial charge in [0.25, 0.3) is 0 Å². The molecule has 0 saturated carbocycles. The smallest absolute Gasteiger partial charge is 0.413 e. The molecule has 0 unspecified atom stereocenters. The van der Waals surface area contributed by atoms with E-state index in [4.69, 9.17) is 10.8 Å². The number of rotatable bonds is 6. The van der Waals surface area contributed by atoms with Gasteiger partial charge in [-0.1, -0.05) is 0 Å². The number of aliphatic carboxylic acids is 1. The fourth-order valence-corrected chi connectivity index (χ4v) is 1.44. The van der Waals surface area contributed by atoms with Crippen molar-refractivity contribution < 1.29 is 24.2 Å². The summed E-state index contributed by atoms with van der Waals surface area (Å²) in [4.78, 5) is 32.2. The molecule has 0 radical (unpaired) electrons. The Morgan fingerprint density at radius 1 is 1.50 bits per heavy atom. The Balaban J connectivity index is 3.66. The molecule has 0 aromatic carbocycles. The van der Waals surface area contributed by atoms with E-state index in [1.807, 2.05) is 5.32 Å². The number of imide groups is 1. The molecule has 92 valence electrons. The fourth-order valence-electron chi connectivity index (χ4n) is 0.667. The first-order chi connectivity index (χ1) is 7.47. The lowest BCUT2D eigenvalue weighted by Gasteiger charge is -2.06. The number of hydrogen-bond donors (Lipinski definition) is 3. The zero-order chi connectivity index (χ0) is 12.6. The van der Waals surface area contributed by atoms with Gasteiger partial charge in [-0.3, -0.25) is 14.9 Å². The van der Waals surface area contributed by atoms with Gasteiger partial charge in [-0.25, -0.2) is 4.79 Å². The molecule has 0 aliphatic heterocycles. The summed E-state index contributed by atoms with van der Waals surface area (Å²) < 4.78 is 4.48. The fraction of sp³-hybridized carbons (Fsp3) is 0.625. The summed E-state index contributed by atoms with van der Waals surface area (Å²) in [5.41, 5.74) is 5.21. The van der Waals surface area contributed by atoms with Crippen LogP contribution in [0.15, 0.2) is 0 Å². The van der Waals surface area contributed by atoms with E-state index in [2.05, 4.69) is 4.74 Å². The number of thioether (sulfide) groups is 1. The van der Waals surface area contributed by atoms with Crippen LogP contribution in [0.25, 0.3) is 0 Å². The molecule has 16 heavy (non-hydrogen) atoms. The molecule has 1 atom stereocenters. The normalized spacial score (nSPS) is 11.6. The van der Waals surface area contributed by atoms with Crippen molar-refractivity contribution in [2.24, 2.45) is 5.73 Å². The average molecular weight is 250 g/mol. The van der Waals surface area contributed by atoms with Gasteiger partial charge in [0.15, 0.2) is 0 Å². The topological polar surface area (TPSA) is 119 Å². The Bertz CT molecular complexity index is 271. The van der Waals surface area contributed by atoms with Crippen molar-refractivity contribution in [2.75, 3.05) is 18.1 Å². The lowest BCUT2D eigenvalue weighted by atomic mass is 10.4. The van der Waals surface area contributed by atoms with Gasteiger partial charge in [0.1, 0.15) is 6.04 Å². The molecule has 0 saturated heterocycles. The van der Waals surface area contributed by atoms with Crippen molar-refractivity contribution >= 4 is 29.7 Å². The zero-order valence-electron chi connectivity index (χ0n) is 8.76. The first-order valence-electron chi connectivity index (χ1n) is 4.50. The number of hydrogen-bond acceptors (Lipinski definition) is 6. The van der Waals surface area contributed by atoms with Gasteiger partial charge < -0.3 is 15.6 Å². The number of nitrogens with two attached hydrogens (primary N) is 1. The largest absolute Gasteiger partial charge is 0.480 e. The van der Waals surface area contributed by atoms with Crippen LogP contribution in [-0.4, -0.2) is 47.2 Å². The van der Waals surface area contributed by atoms with Crippen molar-refractivity contribution in [2.45, 2.75) is 13.0 Å². The second-order valence-electron chi connectivity index (χ2n) is 2.73. The number of carbonyl (C=O) groups excluding carboxylic acids is 2. The highest BCUT2D eigenvalue weighted by molar-refractivity contribution is 8.00. The minimum absolute atomic E-state index is 0.0419. The molecule has 0 fully saturated rings. The third-order valence-corrected chi connectivity index (χ3v) is 2.43. The lowest BCUT2D eigenvalue weighted by Crippen LogP contribution is -2.35. The SMILES string of the molecule is CCOC(=O)NC(=O)CSC[C@H](N)C(=O)O. The van der Waals surface area contributed by atoms with E-state index in [0.29, 0.717) is 0 Å². The Morgan fingerprint density at radius 2 is 2.12 bits per heavy atom. The average Bonchev–Trinajstić information content (AvgIpc) is 2.17. The molecule has 0 aliphatic rings. The van der Waals surface area contributed by atoms with E-state index < -0.39 is 24.0 Å². The minimum Gasteiger partial charge on any atom is -0.480 e. The van der Waals surface area contributed by atoms with E-state index in [9.17, 15) is 14.4 Å². The monoisotopic (exact) mass is 250 g/mol. The Labute approximate surface area is 96.7 Å². The molecule has 0 aromatic heterocycles. The molecule has 7 nitrogen and oxygen atoms in total. The van der Waals surface area contributed by atoms with E-state index in [0.717, 1.165) is 11.8 Å². The number of amides is 2. The summed E-state index contributed by atoms with van der Waals surface area (Å²) in [7, 11) is 0.